The zero-order valence-electron chi connectivity index (χ0n) is 25.8. The van der Waals surface area contributed by atoms with Crippen LogP contribution in [0.2, 0.25) is 0 Å². The van der Waals surface area contributed by atoms with Gasteiger partial charge in [0, 0.05) is 19.8 Å². The van der Waals surface area contributed by atoms with Gasteiger partial charge >= 0.3 is 39.5 Å². The highest BCUT2D eigenvalue weighted by Gasteiger charge is 2.35. The molecule has 0 amide bonds. The third-order valence-electron chi connectivity index (χ3n) is 4.86. The Labute approximate surface area is 277 Å². The molecule has 0 radical (unpaired) electrons. The van der Waals surface area contributed by atoms with Gasteiger partial charge in [0.15, 0.2) is 19.3 Å². The molecule has 19 heteroatoms. The number of hydrogen-bond acceptors (Lipinski definition) is 9. The summed E-state index contributed by atoms with van der Waals surface area (Å²) in [7, 11) is -8.06. The molecule has 0 aromatic heterocycles. The maximum Gasteiger partial charge on any atom is 0.412 e. The van der Waals surface area contributed by atoms with E-state index in [0.717, 1.165) is 12.2 Å². The number of esters is 2. The van der Waals surface area contributed by atoms with Gasteiger partial charge < -0.3 is 14.4 Å². The first kappa shape index (κ1) is 44.7. The summed E-state index contributed by atoms with van der Waals surface area (Å²) >= 11 is 3.31. The van der Waals surface area contributed by atoms with Crippen molar-refractivity contribution in [3.63, 3.8) is 0 Å². The fourth-order valence-electron chi connectivity index (χ4n) is 3.01. The highest BCUT2D eigenvalue weighted by Crippen LogP contribution is 2.47. The summed E-state index contributed by atoms with van der Waals surface area (Å²) in [6.07, 6.45) is -9.84. The molecule has 2 aromatic rings. The largest absolute Gasteiger partial charge is 0.465 e. The number of benzene rings is 2. The lowest BCUT2D eigenvalue weighted by atomic mass is 10.1. The topological polar surface area (TPSA) is 135 Å². The minimum atomic E-state index is -4.64. The van der Waals surface area contributed by atoms with Crippen LogP contribution in [-0.2, 0) is 54.6 Å². The number of halogens is 7. The van der Waals surface area contributed by atoms with Gasteiger partial charge in [-0.2, -0.15) is 26.3 Å². The summed E-state index contributed by atoms with van der Waals surface area (Å²) in [4.78, 5) is 31.1. The van der Waals surface area contributed by atoms with Gasteiger partial charge in [0.1, 0.15) is 4.83 Å². The van der Waals surface area contributed by atoms with Crippen LogP contribution in [0.5, 0.6) is 0 Å². The minimum Gasteiger partial charge on any atom is -0.465 e. The van der Waals surface area contributed by atoms with E-state index >= 15 is 0 Å². The first-order chi connectivity index (χ1) is 21.6. The first-order valence-corrected chi connectivity index (χ1v) is 18.5. The second kappa shape index (κ2) is 21.7. The summed E-state index contributed by atoms with van der Waals surface area (Å²) in [5, 5.41) is 0. The fourth-order valence-corrected chi connectivity index (χ4v) is 4.97. The summed E-state index contributed by atoms with van der Waals surface area (Å²) in [6, 6.07) is 18.5. The number of carbonyl (C=O) groups is 2. The number of hydrogen-bond donors (Lipinski definition) is 1. The van der Waals surface area contributed by atoms with Crippen LogP contribution in [0.25, 0.3) is 0 Å². The van der Waals surface area contributed by atoms with Crippen LogP contribution in [0.3, 0.4) is 0 Å². The molecule has 0 fully saturated rings. The summed E-state index contributed by atoms with van der Waals surface area (Å²) in [5.41, 5.74) is 1.81. The SMILES string of the molecule is CCOC(=O)C(Br)Cc1ccccc1.CCOC(=O)C(Cc1ccccc1)OP(C)(=O)OCC(F)(F)F.CP(=O)(O)OCC(F)(F)F. The van der Waals surface area contributed by atoms with Gasteiger partial charge in [-0.25, -0.2) is 4.79 Å². The molecule has 268 valence electrons. The molecule has 0 saturated heterocycles. The number of ether oxygens (including phenoxy) is 2. The highest BCUT2D eigenvalue weighted by molar-refractivity contribution is 9.10. The smallest absolute Gasteiger partial charge is 0.412 e. The standard InChI is InChI=1S/C14H18F3O5P.C11H13BrO2.C3H6F3O3P/c1-3-20-13(18)12(9-11-7-5-4-6-8-11)22-23(2,19)21-10-14(15,16)17;1-2-14-11(13)10(12)8-9-6-4-3-5-7-9;1-10(7,8)9-2-3(4,5)6/h4-8,12H,3,9-10H2,1-2H3;3-7,10H,2,8H2,1H3;2H2,1H3,(H,7,8). The third kappa shape index (κ3) is 25.4. The molecule has 0 aliphatic carbocycles. The summed E-state index contributed by atoms with van der Waals surface area (Å²) in [5.74, 6) is -1.01. The predicted octanol–water partition coefficient (Wildman–Crippen LogP) is 7.52. The van der Waals surface area contributed by atoms with E-state index in [2.05, 4.69) is 25.0 Å². The van der Waals surface area contributed by atoms with Gasteiger partial charge in [0.2, 0.25) is 0 Å². The van der Waals surface area contributed by atoms with Gasteiger partial charge in [-0.05, 0) is 31.4 Å². The Bertz CT molecular complexity index is 1280. The van der Waals surface area contributed by atoms with E-state index in [1.807, 2.05) is 30.3 Å². The van der Waals surface area contributed by atoms with Gasteiger partial charge in [0.25, 0.3) is 0 Å². The maximum atomic E-state index is 12.2. The third-order valence-corrected chi connectivity index (χ3v) is 7.40. The van der Waals surface area contributed by atoms with Crippen LogP contribution < -0.4 is 0 Å². The maximum absolute atomic E-state index is 12.2. The zero-order chi connectivity index (χ0) is 36.3. The Morgan fingerprint density at radius 1 is 0.745 bits per heavy atom. The molecule has 47 heavy (non-hydrogen) atoms. The lowest BCUT2D eigenvalue weighted by Crippen LogP contribution is -2.29. The van der Waals surface area contributed by atoms with Crippen molar-refractivity contribution >= 4 is 43.1 Å². The van der Waals surface area contributed by atoms with E-state index in [9.17, 15) is 45.1 Å². The monoisotopic (exact) mass is 788 g/mol. The van der Waals surface area contributed by atoms with Crippen molar-refractivity contribution in [2.24, 2.45) is 0 Å². The van der Waals surface area contributed by atoms with Crippen molar-refractivity contribution in [3.8, 4) is 0 Å². The molecule has 0 heterocycles. The Morgan fingerprint density at radius 3 is 1.53 bits per heavy atom. The zero-order valence-corrected chi connectivity index (χ0v) is 29.2. The van der Waals surface area contributed by atoms with E-state index in [0.29, 0.717) is 25.3 Å². The molecule has 0 bridgehead atoms. The average Bonchev–Trinajstić information content (AvgIpc) is 2.96. The fraction of sp³-hybridized carbons (Fsp3) is 0.500. The molecule has 4 atom stereocenters. The van der Waals surface area contributed by atoms with Crippen LogP contribution in [0.1, 0.15) is 25.0 Å². The molecule has 4 unspecified atom stereocenters. The van der Waals surface area contributed by atoms with Crippen molar-refractivity contribution in [2.45, 2.75) is 50.0 Å². The van der Waals surface area contributed by atoms with E-state index in [4.69, 9.17) is 18.9 Å². The van der Waals surface area contributed by atoms with E-state index < -0.39 is 52.8 Å². The van der Waals surface area contributed by atoms with Crippen molar-refractivity contribution in [2.75, 3.05) is 39.8 Å². The summed E-state index contributed by atoms with van der Waals surface area (Å²) in [6.45, 7) is 2.04. The molecule has 2 aromatic carbocycles. The lowest BCUT2D eigenvalue weighted by molar-refractivity contribution is -0.158. The molecule has 0 aliphatic heterocycles. The first-order valence-electron chi connectivity index (χ1n) is 13.6. The number of alkyl halides is 7. The lowest BCUT2D eigenvalue weighted by Gasteiger charge is -2.21. The molecule has 10 nitrogen and oxygen atoms in total. The van der Waals surface area contributed by atoms with E-state index in [1.165, 1.54) is 0 Å². The van der Waals surface area contributed by atoms with Crippen LogP contribution in [0.4, 0.5) is 26.3 Å². The molecule has 1 N–H and O–H groups in total. The molecule has 2 rings (SSSR count). The van der Waals surface area contributed by atoms with Gasteiger partial charge in [-0.3, -0.25) is 27.5 Å². The van der Waals surface area contributed by atoms with Gasteiger partial charge in [-0.15, -0.1) is 0 Å². The minimum absolute atomic E-state index is 0.00683. The van der Waals surface area contributed by atoms with E-state index in [1.54, 1.807) is 44.2 Å². The predicted molar refractivity (Wildman–Crippen MR) is 164 cm³/mol. The Balaban J connectivity index is 0.000000748. The molecular weight excluding hydrogens is 752 g/mol. The quantitative estimate of drug-likeness (QED) is 0.0887. The average molecular weight is 789 g/mol. The highest BCUT2D eigenvalue weighted by atomic mass is 79.9. The summed E-state index contributed by atoms with van der Waals surface area (Å²) < 4.78 is 115. The van der Waals surface area contributed by atoms with Gasteiger partial charge in [0.05, 0.1) is 13.2 Å². The van der Waals surface area contributed by atoms with Crippen molar-refractivity contribution < 1.29 is 73.0 Å². The molecular formula is C28H37BrF6O10P2. The van der Waals surface area contributed by atoms with Crippen molar-refractivity contribution in [3.05, 3.63) is 71.8 Å². The molecule has 0 aliphatic rings. The number of rotatable bonds is 14. The van der Waals surface area contributed by atoms with Crippen molar-refractivity contribution in [1.29, 1.82) is 0 Å². The van der Waals surface area contributed by atoms with Crippen LogP contribution in [0.15, 0.2) is 60.7 Å². The Hall–Kier alpha value is -2.26. The molecule has 0 saturated carbocycles. The normalized spacial score (nSPS) is 15.2. The van der Waals surface area contributed by atoms with Crippen molar-refractivity contribution in [1.82, 2.24) is 0 Å². The second-order valence-electron chi connectivity index (χ2n) is 9.30. The van der Waals surface area contributed by atoms with Crippen LogP contribution in [-0.4, -0.2) is 79.9 Å². The van der Waals surface area contributed by atoms with E-state index in [-0.39, 0.29) is 23.8 Å². The Kier molecular flexibility index (Phi) is 20.6. The van der Waals surface area contributed by atoms with Crippen LogP contribution in [0, 0.1) is 0 Å². The van der Waals surface area contributed by atoms with Gasteiger partial charge in [-0.1, -0.05) is 76.6 Å². The molecule has 0 spiro atoms. The second-order valence-corrected chi connectivity index (χ2v) is 14.3. The van der Waals surface area contributed by atoms with Crippen LogP contribution >= 0.6 is 31.1 Å². The Morgan fingerprint density at radius 2 is 1.15 bits per heavy atom. The number of carbonyl (C=O) groups excluding carboxylic acids is 2.